The molecule has 0 atom stereocenters. The number of piperazine rings is 2. The number of hydrogen-bond donors (Lipinski definition) is 1. The minimum Gasteiger partial charge on any atom is -0.441 e. The van der Waals surface area contributed by atoms with Crippen molar-refractivity contribution in [3.63, 3.8) is 0 Å². The van der Waals surface area contributed by atoms with Crippen LogP contribution in [0.15, 0.2) is 260 Å². The number of nitrogens with one attached hydrogen (secondary N) is 1. The number of fused-ring (bicyclic) bond motifs is 10. The van der Waals surface area contributed by atoms with Crippen molar-refractivity contribution >= 4 is 118 Å². The first kappa shape index (κ1) is 95.4. The first-order valence-corrected chi connectivity index (χ1v) is 49.8. The van der Waals surface area contributed by atoms with Crippen LogP contribution in [0.2, 0.25) is 5.02 Å². The van der Waals surface area contributed by atoms with Crippen LogP contribution >= 0.6 is 11.6 Å². The van der Waals surface area contributed by atoms with E-state index in [1.54, 1.807) is 41.9 Å². The van der Waals surface area contributed by atoms with E-state index < -0.39 is 0 Å². The monoisotopic (exact) mass is 1960 g/mol. The number of aromatic nitrogens is 20. The molecule has 35 nitrogen and oxygen atoms in total. The van der Waals surface area contributed by atoms with Gasteiger partial charge in [0.1, 0.15) is 28.1 Å². The summed E-state index contributed by atoms with van der Waals surface area (Å²) in [6.07, 6.45) is 23.5. The molecule has 0 amide bonds. The third-order valence-corrected chi connectivity index (χ3v) is 28.6. The molecule has 20 aromatic rings. The van der Waals surface area contributed by atoms with E-state index in [1.807, 2.05) is 237 Å². The molecule has 1 N–H and O–H groups in total. The zero-order chi connectivity index (χ0) is 100.0. The first-order chi connectivity index (χ1) is 70.4. The molecule has 145 heavy (non-hydrogen) atoms. The van der Waals surface area contributed by atoms with Gasteiger partial charge >= 0.3 is 0 Å². The quantitative estimate of drug-likeness (QED) is 0.112. The van der Waals surface area contributed by atoms with Crippen molar-refractivity contribution in [3.8, 4) is 56.3 Å². The van der Waals surface area contributed by atoms with Crippen molar-refractivity contribution in [2.24, 2.45) is 21.1 Å². The Hall–Kier alpha value is -15.8. The van der Waals surface area contributed by atoms with Crippen molar-refractivity contribution in [1.82, 2.24) is 121 Å². The van der Waals surface area contributed by atoms with E-state index in [2.05, 4.69) is 133 Å². The molecule has 16 aromatic heterocycles. The van der Waals surface area contributed by atoms with Crippen molar-refractivity contribution in [3.05, 3.63) is 306 Å². The Labute approximate surface area is 839 Å². The highest BCUT2D eigenvalue weighted by molar-refractivity contribution is 6.33. The summed E-state index contributed by atoms with van der Waals surface area (Å²) >= 11 is 6.41. The van der Waals surface area contributed by atoms with Gasteiger partial charge in [-0.1, -0.05) is 55.8 Å². The standard InChI is InChI=1S/C23H26N6O.C22H23ClN6O.C22H24N6O.C22H21N5O2.C20H20N6O/c1-26(2)18-8-10-28(11-9-18)19-5-7-22-25-20(13-23(30)29(22)15-19)16-4-6-21-17(12-16)14-24-27(21)3;1-3-26-6-8-27(9-7-26)17-4-5-20-25-19(11-21(30)29(20)14-17)16-10-18(23)22-24-15(2)12-28(22)13-16;1-25-8-3-9-27(11-10-25)18-5-7-21-24-19(13-22(29)28(21)15-18)16-4-6-20-17(12-16)14-23-26(20)2;1-3-26-10-8-15(9-11-26)17-6-7-21-24-19(13-22(28)27(21)25-17)16-4-5-18-20(12-16)29-14(2)23-18;1-24-18-4-2-14(10-15(18)12-22-24)17-11-20(27)26-13-16(3-5-19(26)23-17)25-8-6-21-7-9-25/h4-7,12-15,18H,8-11H2,1-3H3;4-5,10-14H,3,6-9H2,1-2H3;4-7,12-15H,3,8-11H2,1-2H3;4-8,12-13H,3,9-11H2,1-2H3;2-5,10-13,21H,6-9H2,1H3. The van der Waals surface area contributed by atoms with Gasteiger partial charge in [-0.05, 0) is 194 Å². The van der Waals surface area contributed by atoms with E-state index in [0.717, 1.165) is 244 Å². The van der Waals surface area contributed by atoms with Crippen LogP contribution in [0.4, 0.5) is 22.7 Å². The molecule has 36 heteroatoms. The molecule has 5 aliphatic rings. The third kappa shape index (κ3) is 20.3. The molecular formula is C109H114ClN29O6. The van der Waals surface area contributed by atoms with E-state index in [-0.39, 0.29) is 27.8 Å². The normalized spacial score (nSPS) is 15.4. The van der Waals surface area contributed by atoms with Gasteiger partial charge in [0.15, 0.2) is 22.8 Å². The van der Waals surface area contributed by atoms with Gasteiger partial charge in [-0.2, -0.15) is 24.9 Å². The number of benzene rings is 4. The molecule has 21 heterocycles. The molecule has 4 saturated heterocycles. The highest BCUT2D eigenvalue weighted by Crippen LogP contribution is 2.33. The molecule has 738 valence electrons. The van der Waals surface area contributed by atoms with Gasteiger partial charge in [0, 0.05) is 244 Å². The zero-order valence-corrected chi connectivity index (χ0v) is 83.7. The summed E-state index contributed by atoms with van der Waals surface area (Å²) in [5, 5.41) is 24.4. The predicted octanol–water partition coefficient (Wildman–Crippen LogP) is 13.3. The molecule has 0 aliphatic carbocycles. The fourth-order valence-electron chi connectivity index (χ4n) is 19.9. The smallest absolute Gasteiger partial charge is 0.275 e. The number of rotatable bonds is 13. The second-order valence-corrected chi connectivity index (χ2v) is 38.3. The van der Waals surface area contributed by atoms with Crippen molar-refractivity contribution in [2.75, 3.05) is 159 Å². The zero-order valence-electron chi connectivity index (χ0n) is 82.9. The number of halogens is 1. The Morgan fingerprint density at radius 3 is 1.33 bits per heavy atom. The Morgan fingerprint density at radius 2 is 0.848 bits per heavy atom. The summed E-state index contributed by atoms with van der Waals surface area (Å²) in [7, 11) is 12.2. The van der Waals surface area contributed by atoms with Crippen molar-refractivity contribution < 1.29 is 4.42 Å². The fourth-order valence-corrected chi connectivity index (χ4v) is 20.2. The Morgan fingerprint density at radius 1 is 0.407 bits per heavy atom. The van der Waals surface area contributed by atoms with Crippen molar-refractivity contribution in [2.45, 2.75) is 59.4 Å². The summed E-state index contributed by atoms with van der Waals surface area (Å²) in [6, 6.07) is 53.8. The predicted molar refractivity (Wildman–Crippen MR) is 573 cm³/mol. The lowest BCUT2D eigenvalue weighted by atomic mass is 10.0. The van der Waals surface area contributed by atoms with Crippen LogP contribution in [0.25, 0.3) is 140 Å². The molecule has 0 bridgehead atoms. The van der Waals surface area contributed by atoms with Crippen LogP contribution in [-0.4, -0.2) is 260 Å². The van der Waals surface area contributed by atoms with Crippen molar-refractivity contribution in [1.29, 1.82) is 0 Å². The Kier molecular flexibility index (Phi) is 26.9. The average molecular weight is 1960 g/mol. The number of anilines is 4. The van der Waals surface area contributed by atoms with Gasteiger partial charge < -0.3 is 48.4 Å². The largest absolute Gasteiger partial charge is 0.441 e. The van der Waals surface area contributed by atoms with Crippen LogP contribution in [0.5, 0.6) is 0 Å². The van der Waals surface area contributed by atoms with Gasteiger partial charge in [-0.15, -0.1) is 0 Å². The van der Waals surface area contributed by atoms with E-state index >= 15 is 0 Å². The molecule has 0 spiro atoms. The fraction of sp³-hybridized carbons (Fsp3) is 0.303. The lowest BCUT2D eigenvalue weighted by Gasteiger charge is -2.36. The second-order valence-electron chi connectivity index (χ2n) is 37.9. The van der Waals surface area contributed by atoms with Crippen LogP contribution < -0.4 is 52.7 Å². The SMILES string of the molecule is CCN1CC=C(c2ccc3nc(-c4ccc5nc(C)oc5c4)cc(=O)n3n2)CC1.CCN1CCN(c2ccc3nc(-c4cc(Cl)c5nc(C)cn5c4)cc(=O)n3c2)CC1.CN(C)C1CCN(c2ccc3nc(-c4ccc5c(cnn5C)c4)cc(=O)n3c2)CC1.CN1CCCN(c2ccc3nc(-c4ccc5c(cnn5C)c4)cc(=O)n3c2)CC1.Cn1ncc2cc(-c3cc(=O)n4cc(N5CCNCC5)ccc4n3)ccc21. The van der Waals surface area contributed by atoms with E-state index in [1.165, 1.54) is 16.2 Å². The number of oxazole rings is 1. The third-order valence-electron chi connectivity index (χ3n) is 28.3. The molecule has 0 unspecified atom stereocenters. The highest BCUT2D eigenvalue weighted by atomic mass is 35.5. The number of likely N-dealkylation sites (N-methyl/N-ethyl adjacent to an activating group) is 3. The Bertz CT molecular complexity index is 8680. The van der Waals surface area contributed by atoms with E-state index in [0.29, 0.717) is 84.9 Å². The van der Waals surface area contributed by atoms with Gasteiger partial charge in [0.05, 0.1) is 103 Å². The van der Waals surface area contributed by atoms with E-state index in [9.17, 15) is 24.0 Å². The maximum Gasteiger partial charge on any atom is 0.275 e. The summed E-state index contributed by atoms with van der Waals surface area (Å²) in [5.41, 5.74) is 22.7. The number of piperidine rings is 1. The topological polar surface area (TPSA) is 319 Å². The van der Waals surface area contributed by atoms with Gasteiger partial charge in [0.2, 0.25) is 0 Å². The highest BCUT2D eigenvalue weighted by Gasteiger charge is 2.26. The van der Waals surface area contributed by atoms with Gasteiger partial charge in [0.25, 0.3) is 27.8 Å². The van der Waals surface area contributed by atoms with Crippen LogP contribution in [0.3, 0.4) is 0 Å². The molecule has 5 aliphatic heterocycles. The molecular weight excluding hydrogens is 1850 g/mol. The summed E-state index contributed by atoms with van der Waals surface area (Å²) in [5.74, 6) is 0.611. The summed E-state index contributed by atoms with van der Waals surface area (Å²) < 4.78 is 20.9. The van der Waals surface area contributed by atoms with E-state index in [4.69, 9.17) is 36.0 Å². The molecule has 0 radical (unpaired) electrons. The number of hydrogen-bond acceptors (Lipinski definition) is 26. The number of nitrogens with zero attached hydrogens (tertiary/aromatic N) is 28. The number of aryl methyl sites for hydroxylation is 5. The molecule has 4 fully saturated rings. The molecule has 25 rings (SSSR count). The molecule has 4 aromatic carbocycles. The van der Waals surface area contributed by atoms with Gasteiger partial charge in [-0.3, -0.25) is 60.5 Å². The van der Waals surface area contributed by atoms with Gasteiger partial charge in [-0.25, -0.2) is 34.9 Å². The molecule has 0 saturated carbocycles. The first-order valence-electron chi connectivity index (χ1n) is 49.4. The minimum atomic E-state index is -0.202. The average Bonchev–Trinajstić information content (AvgIpc) is 1.12. The van der Waals surface area contributed by atoms with Crippen LogP contribution in [-0.2, 0) is 21.1 Å². The second kappa shape index (κ2) is 40.9. The Balaban J connectivity index is 0.000000107. The lowest BCUT2D eigenvalue weighted by Crippen LogP contribution is -2.46. The summed E-state index contributed by atoms with van der Waals surface area (Å²) in [6.45, 7) is 26.0. The van der Waals surface area contributed by atoms with Crippen LogP contribution in [0, 0.1) is 13.8 Å². The maximum absolute atomic E-state index is 12.9. The summed E-state index contributed by atoms with van der Waals surface area (Å²) in [4.78, 5) is 115. The number of imidazole rings is 1. The minimum absolute atomic E-state index is 0.0636. The maximum atomic E-state index is 12.9. The van der Waals surface area contributed by atoms with Crippen LogP contribution in [0.1, 0.15) is 56.8 Å². The lowest BCUT2D eigenvalue weighted by molar-refractivity contribution is 0.249. The number of pyridine rings is 5.